The molecule has 4 heterocycles. The number of pyridine rings is 1. The number of likely N-dealkylation sites (tertiary alicyclic amines) is 1. The number of thioether (sulfide) groups is 1. The van der Waals surface area contributed by atoms with Gasteiger partial charge in [-0.3, -0.25) is 9.69 Å². The van der Waals surface area contributed by atoms with Crippen LogP contribution in [0.4, 0.5) is 19.7 Å². The third-order valence-corrected chi connectivity index (χ3v) is 9.70. The Hall–Kier alpha value is -3.55. The van der Waals surface area contributed by atoms with Gasteiger partial charge in [0, 0.05) is 37.2 Å². The molecule has 3 saturated heterocycles. The third kappa shape index (κ3) is 5.92. The first-order chi connectivity index (χ1) is 20.9. The summed E-state index contributed by atoms with van der Waals surface area (Å²) in [6.07, 6.45) is 2.20. The van der Waals surface area contributed by atoms with Gasteiger partial charge in [-0.2, -0.15) is 5.26 Å². The Kier molecular flexibility index (Phi) is 9.01. The van der Waals surface area contributed by atoms with Crippen molar-refractivity contribution >= 4 is 62.4 Å². The van der Waals surface area contributed by atoms with E-state index in [0.29, 0.717) is 40.9 Å². The molecular weight excluding hydrogens is 653 g/mol. The van der Waals surface area contributed by atoms with Crippen LogP contribution in [0.5, 0.6) is 0 Å². The Labute approximate surface area is 268 Å². The van der Waals surface area contributed by atoms with Gasteiger partial charge in [0.2, 0.25) is 5.91 Å². The zero-order valence-corrected chi connectivity index (χ0v) is 27.3. The van der Waals surface area contributed by atoms with Crippen molar-refractivity contribution in [1.82, 2.24) is 14.8 Å². The van der Waals surface area contributed by atoms with E-state index in [1.807, 2.05) is 0 Å². The number of ether oxygens (including phenoxy) is 1. The van der Waals surface area contributed by atoms with E-state index in [9.17, 15) is 24.8 Å². The number of fused-ring (bicyclic) bond motifs is 2. The number of carboxylic acid groups (broad SMARTS) is 1. The average molecular weight is 687 g/mol. The van der Waals surface area contributed by atoms with Crippen molar-refractivity contribution in [1.29, 1.82) is 5.26 Å². The Balaban J connectivity index is 1.78. The minimum atomic E-state index is -1.07. The standard InChI is InChI=1S/C31H33BrFN5O5S/c1-31(2,3)43-30(42)38(26-18-15-21(26)37(16-18)29(40)41)27-19(9-6-12-36-13-7-10-22(36)39)28(44-4)35-25-20(27)14-17(8-5-11-34)23(32)24(25)33/h14,18,21,26H,5,7-8,10,12-13,15-16H2,1-4H3,(H,40,41)/t18-,21-,26+/m1/s1. The SMILES string of the molecule is CSc1nc2c(F)c(Br)c(CCC#N)cc2c(N(C(=O)OC(C)(C)C)[C@H]2[C@@H]3C[C@H]2N(C(=O)O)C3)c1C#CCN1CCCC1=O. The maximum atomic E-state index is 16.1. The predicted octanol–water partition coefficient (Wildman–Crippen LogP) is 5.78. The van der Waals surface area contributed by atoms with Gasteiger partial charge >= 0.3 is 12.2 Å². The van der Waals surface area contributed by atoms with E-state index < -0.39 is 35.7 Å². The van der Waals surface area contributed by atoms with E-state index in [2.05, 4.69) is 38.8 Å². The number of halogens is 2. The predicted molar refractivity (Wildman–Crippen MR) is 167 cm³/mol. The molecule has 0 spiro atoms. The van der Waals surface area contributed by atoms with Crippen LogP contribution in [0.1, 0.15) is 57.6 Å². The highest BCUT2D eigenvalue weighted by molar-refractivity contribution is 9.10. The number of hydrogen-bond donors (Lipinski definition) is 1. The van der Waals surface area contributed by atoms with Crippen molar-refractivity contribution in [3.05, 3.63) is 27.5 Å². The van der Waals surface area contributed by atoms with Gasteiger partial charge in [0.25, 0.3) is 0 Å². The summed E-state index contributed by atoms with van der Waals surface area (Å²) < 4.78 is 22.2. The quantitative estimate of drug-likeness (QED) is 0.300. The van der Waals surface area contributed by atoms with Crippen molar-refractivity contribution < 1.29 is 28.6 Å². The van der Waals surface area contributed by atoms with Gasteiger partial charge < -0.3 is 19.6 Å². The number of carbonyl (C=O) groups excluding carboxylic acids is 2. The third-order valence-electron chi connectivity index (χ3n) is 8.16. The first kappa shape index (κ1) is 31.9. The van der Waals surface area contributed by atoms with E-state index in [-0.39, 0.29) is 53.4 Å². The molecule has 13 heteroatoms. The fraction of sp³-hybridized carbons (Fsp3) is 0.516. The number of carbonyl (C=O) groups is 3. The minimum absolute atomic E-state index is 0.00697. The van der Waals surface area contributed by atoms with Crippen LogP contribution in [-0.2, 0) is 16.0 Å². The molecule has 4 fully saturated rings. The van der Waals surface area contributed by atoms with Crippen LogP contribution in [0.15, 0.2) is 15.6 Å². The molecule has 3 amide bonds. The molecule has 1 aliphatic carbocycles. The Morgan fingerprint density at radius 1 is 1.36 bits per heavy atom. The second-order valence-electron chi connectivity index (χ2n) is 12.1. The lowest BCUT2D eigenvalue weighted by Crippen LogP contribution is -2.58. The summed E-state index contributed by atoms with van der Waals surface area (Å²) in [7, 11) is 0. The zero-order chi connectivity index (χ0) is 31.9. The van der Waals surface area contributed by atoms with Crippen LogP contribution in [0.2, 0.25) is 0 Å². The topological polar surface area (TPSA) is 127 Å². The molecule has 3 aliphatic heterocycles. The highest BCUT2D eigenvalue weighted by Crippen LogP contribution is 2.49. The average Bonchev–Trinajstić information content (AvgIpc) is 3.67. The van der Waals surface area contributed by atoms with Crippen LogP contribution < -0.4 is 4.90 Å². The van der Waals surface area contributed by atoms with Crippen LogP contribution in [0.3, 0.4) is 0 Å². The number of benzene rings is 1. The molecule has 4 aliphatic rings. The largest absolute Gasteiger partial charge is 0.465 e. The molecule has 0 unspecified atom stereocenters. The maximum Gasteiger partial charge on any atom is 0.415 e. The van der Waals surface area contributed by atoms with Gasteiger partial charge in [0.1, 0.15) is 16.1 Å². The van der Waals surface area contributed by atoms with Crippen molar-refractivity contribution in [3.8, 4) is 17.9 Å². The molecule has 0 radical (unpaired) electrons. The second-order valence-corrected chi connectivity index (χ2v) is 13.7. The van der Waals surface area contributed by atoms with Gasteiger partial charge in [-0.1, -0.05) is 11.8 Å². The lowest BCUT2D eigenvalue weighted by Gasteiger charge is -2.44. The number of aromatic nitrogens is 1. The first-order valence-corrected chi connectivity index (χ1v) is 16.4. The molecule has 1 aromatic carbocycles. The van der Waals surface area contributed by atoms with Gasteiger partial charge in [0.15, 0.2) is 5.82 Å². The van der Waals surface area contributed by atoms with Crippen molar-refractivity contribution in [3.63, 3.8) is 0 Å². The number of hydrogen-bond acceptors (Lipinski definition) is 7. The van der Waals surface area contributed by atoms with E-state index in [1.165, 1.54) is 21.6 Å². The highest BCUT2D eigenvalue weighted by Gasteiger charge is 2.58. The van der Waals surface area contributed by atoms with Crippen LogP contribution >= 0.6 is 27.7 Å². The van der Waals surface area contributed by atoms with E-state index in [0.717, 1.165) is 6.42 Å². The van der Waals surface area contributed by atoms with E-state index in [1.54, 1.807) is 38.0 Å². The molecule has 3 atom stereocenters. The summed E-state index contributed by atoms with van der Waals surface area (Å²) >= 11 is 4.59. The number of rotatable bonds is 6. The number of aryl methyl sites for hydroxylation is 1. The van der Waals surface area contributed by atoms with Crippen molar-refractivity contribution in [2.24, 2.45) is 5.92 Å². The summed E-state index contributed by atoms with van der Waals surface area (Å²) in [5.74, 6) is 5.47. The summed E-state index contributed by atoms with van der Waals surface area (Å²) in [5, 5.41) is 19.8. The van der Waals surface area contributed by atoms with Crippen molar-refractivity contribution in [2.45, 2.75) is 75.6 Å². The number of anilines is 1. The molecular formula is C31H33BrFN5O5S. The molecule has 1 N–H and O–H groups in total. The van der Waals surface area contributed by atoms with Crippen LogP contribution in [0.25, 0.3) is 10.9 Å². The van der Waals surface area contributed by atoms with Crippen molar-refractivity contribution in [2.75, 3.05) is 30.8 Å². The summed E-state index contributed by atoms with van der Waals surface area (Å²) in [6, 6.07) is 2.75. The smallest absolute Gasteiger partial charge is 0.415 e. The van der Waals surface area contributed by atoms with Gasteiger partial charge in [-0.15, -0.1) is 11.8 Å². The monoisotopic (exact) mass is 685 g/mol. The van der Waals surface area contributed by atoms with E-state index >= 15 is 4.39 Å². The van der Waals surface area contributed by atoms with Crippen LogP contribution in [0, 0.1) is 34.9 Å². The molecule has 232 valence electrons. The highest BCUT2D eigenvalue weighted by atomic mass is 79.9. The fourth-order valence-corrected chi connectivity index (χ4v) is 7.23. The lowest BCUT2D eigenvalue weighted by molar-refractivity contribution is -0.127. The molecule has 44 heavy (non-hydrogen) atoms. The molecule has 1 saturated carbocycles. The summed E-state index contributed by atoms with van der Waals surface area (Å²) in [6.45, 7) is 6.27. The lowest BCUT2D eigenvalue weighted by atomic mass is 9.78. The Bertz CT molecular complexity index is 1640. The Morgan fingerprint density at radius 2 is 2.11 bits per heavy atom. The minimum Gasteiger partial charge on any atom is -0.465 e. The van der Waals surface area contributed by atoms with Gasteiger partial charge in [-0.05, 0) is 73.8 Å². The molecule has 6 rings (SSSR count). The summed E-state index contributed by atoms with van der Waals surface area (Å²) in [4.78, 5) is 47.6. The molecule has 10 nitrogen and oxygen atoms in total. The number of nitriles is 1. The first-order valence-electron chi connectivity index (χ1n) is 14.4. The molecule has 2 bridgehead atoms. The normalized spacial score (nSPS) is 20.7. The zero-order valence-electron chi connectivity index (χ0n) is 24.9. The maximum absolute atomic E-state index is 16.1. The molecule has 1 aromatic heterocycles. The summed E-state index contributed by atoms with van der Waals surface area (Å²) in [5.41, 5.74) is 0.289. The van der Waals surface area contributed by atoms with E-state index in [4.69, 9.17) is 4.74 Å². The van der Waals surface area contributed by atoms with Crippen LogP contribution in [-0.4, -0.2) is 81.6 Å². The second kappa shape index (κ2) is 12.4. The van der Waals surface area contributed by atoms with Gasteiger partial charge in [0.05, 0.1) is 40.4 Å². The number of nitrogens with zero attached hydrogens (tertiary/aromatic N) is 5. The fourth-order valence-electron chi connectivity index (χ4n) is 6.20. The molecule has 2 aromatic rings. The van der Waals surface area contributed by atoms with Gasteiger partial charge in [-0.25, -0.2) is 19.0 Å². The number of amides is 3. The Morgan fingerprint density at radius 3 is 2.70 bits per heavy atom.